The van der Waals surface area contributed by atoms with Crippen LogP contribution in [-0.4, -0.2) is 45.3 Å². The number of hydrogen-bond donors (Lipinski definition) is 3. The summed E-state index contributed by atoms with van der Waals surface area (Å²) >= 11 is 0. The number of nitrogens with zero attached hydrogens (tertiary/aromatic N) is 2. The summed E-state index contributed by atoms with van der Waals surface area (Å²) in [4.78, 5) is 36.3. The number of amides is 2. The number of rotatable bonds is 9. The van der Waals surface area contributed by atoms with Crippen LogP contribution in [0.25, 0.3) is 0 Å². The van der Waals surface area contributed by atoms with Crippen molar-refractivity contribution in [2.24, 2.45) is 5.92 Å². The average Bonchev–Trinajstić information content (AvgIpc) is 3.39. The average molecular weight is 474 g/mol. The predicted molar refractivity (Wildman–Crippen MR) is 136 cm³/mol. The number of H-pyrrole nitrogens is 1. The van der Waals surface area contributed by atoms with Crippen molar-refractivity contribution < 1.29 is 9.59 Å². The molecule has 0 aliphatic carbocycles. The lowest BCUT2D eigenvalue weighted by Crippen LogP contribution is -2.58. The number of benzene rings is 2. The van der Waals surface area contributed by atoms with Crippen LogP contribution in [0.5, 0.6) is 0 Å². The lowest BCUT2D eigenvalue weighted by atomic mass is 9.91. The van der Waals surface area contributed by atoms with Crippen molar-refractivity contribution in [1.29, 1.82) is 0 Å². The third kappa shape index (κ3) is 5.98. The van der Waals surface area contributed by atoms with Gasteiger partial charge in [0.25, 0.3) is 0 Å². The Labute approximate surface area is 207 Å². The van der Waals surface area contributed by atoms with Gasteiger partial charge in [0, 0.05) is 37.8 Å². The maximum Gasteiger partial charge on any atom is 0.243 e. The molecule has 0 saturated carbocycles. The Morgan fingerprint density at radius 1 is 1.06 bits per heavy atom. The number of hydrogen-bond acceptors (Lipinski definition) is 4. The van der Waals surface area contributed by atoms with E-state index in [2.05, 4.69) is 26.7 Å². The second kappa shape index (κ2) is 11.3. The number of nitrogens with one attached hydrogen (secondary N) is 3. The highest BCUT2D eigenvalue weighted by molar-refractivity contribution is 5.91. The minimum absolute atomic E-state index is 0.0355. The minimum Gasteiger partial charge on any atom is -0.348 e. The highest BCUT2D eigenvalue weighted by atomic mass is 16.2. The lowest BCUT2D eigenvalue weighted by Gasteiger charge is -2.39. The van der Waals surface area contributed by atoms with Gasteiger partial charge >= 0.3 is 0 Å². The summed E-state index contributed by atoms with van der Waals surface area (Å²) in [6, 6.07) is 16.9. The first-order valence-corrected chi connectivity index (χ1v) is 12.4. The van der Waals surface area contributed by atoms with E-state index in [-0.39, 0.29) is 29.8 Å². The van der Waals surface area contributed by atoms with Crippen LogP contribution in [0.4, 0.5) is 0 Å². The molecule has 1 aliphatic heterocycles. The molecule has 184 valence electrons. The SMILES string of the molecule is CC(NC(=O)[C@@H]1Cc2ccccc2CN1C(=O)C(NCCc1cnc[nH]1)C(C)C)c1ccccc1. The van der Waals surface area contributed by atoms with Gasteiger partial charge in [0.15, 0.2) is 0 Å². The molecule has 4 rings (SSSR count). The molecule has 0 saturated heterocycles. The first kappa shape index (κ1) is 24.7. The van der Waals surface area contributed by atoms with Crippen molar-refractivity contribution in [3.8, 4) is 0 Å². The molecule has 0 fully saturated rings. The van der Waals surface area contributed by atoms with Gasteiger partial charge in [0.05, 0.1) is 18.4 Å². The van der Waals surface area contributed by atoms with Gasteiger partial charge < -0.3 is 20.5 Å². The van der Waals surface area contributed by atoms with Crippen molar-refractivity contribution in [1.82, 2.24) is 25.5 Å². The summed E-state index contributed by atoms with van der Waals surface area (Å²) in [7, 11) is 0. The lowest BCUT2D eigenvalue weighted by molar-refractivity contribution is -0.144. The first-order chi connectivity index (χ1) is 16.9. The number of carbonyl (C=O) groups excluding carboxylic acids is 2. The summed E-state index contributed by atoms with van der Waals surface area (Å²) in [6.07, 6.45) is 4.71. The van der Waals surface area contributed by atoms with E-state index in [1.54, 1.807) is 17.4 Å². The molecule has 3 atom stereocenters. The van der Waals surface area contributed by atoms with Crippen LogP contribution < -0.4 is 10.6 Å². The molecule has 7 heteroatoms. The molecule has 0 bridgehead atoms. The first-order valence-electron chi connectivity index (χ1n) is 12.4. The van der Waals surface area contributed by atoms with Crippen LogP contribution >= 0.6 is 0 Å². The number of fused-ring (bicyclic) bond motifs is 1. The molecule has 2 aromatic carbocycles. The van der Waals surface area contributed by atoms with E-state index in [9.17, 15) is 9.59 Å². The molecule has 0 spiro atoms. The van der Waals surface area contributed by atoms with Crippen LogP contribution in [-0.2, 0) is 29.0 Å². The van der Waals surface area contributed by atoms with Crippen molar-refractivity contribution in [2.45, 2.75) is 58.3 Å². The van der Waals surface area contributed by atoms with Crippen LogP contribution in [0, 0.1) is 5.92 Å². The Morgan fingerprint density at radius 3 is 2.46 bits per heavy atom. The molecule has 1 aromatic heterocycles. The molecular weight excluding hydrogens is 438 g/mol. The Balaban J connectivity index is 1.52. The standard InChI is InChI=1S/C28H35N5O2/c1-19(2)26(30-14-13-24-16-29-18-31-24)28(35)33-17-23-12-8-7-11-22(23)15-25(33)27(34)32-20(3)21-9-5-4-6-10-21/h4-12,16,18-20,25-26,30H,13-15,17H2,1-3H3,(H,29,31)(H,32,34)/t20?,25-,26?/m0/s1. The van der Waals surface area contributed by atoms with Gasteiger partial charge in [-0.15, -0.1) is 0 Å². The Kier molecular flexibility index (Phi) is 7.98. The van der Waals surface area contributed by atoms with Gasteiger partial charge in [0.1, 0.15) is 6.04 Å². The smallest absolute Gasteiger partial charge is 0.243 e. The molecule has 7 nitrogen and oxygen atoms in total. The minimum atomic E-state index is -0.556. The van der Waals surface area contributed by atoms with Crippen LogP contribution in [0.2, 0.25) is 0 Å². The second-order valence-corrected chi connectivity index (χ2v) is 9.60. The van der Waals surface area contributed by atoms with E-state index in [1.165, 1.54) is 0 Å². The Morgan fingerprint density at radius 2 is 1.77 bits per heavy atom. The van der Waals surface area contributed by atoms with Gasteiger partial charge in [-0.25, -0.2) is 4.98 Å². The summed E-state index contributed by atoms with van der Waals surface area (Å²) in [5.41, 5.74) is 4.28. The molecule has 2 amide bonds. The van der Waals surface area contributed by atoms with Crippen LogP contribution in [0.15, 0.2) is 67.1 Å². The van der Waals surface area contributed by atoms with Gasteiger partial charge in [-0.05, 0) is 29.5 Å². The van der Waals surface area contributed by atoms with Gasteiger partial charge in [0.2, 0.25) is 11.8 Å². The zero-order chi connectivity index (χ0) is 24.8. The third-order valence-corrected chi connectivity index (χ3v) is 6.74. The number of aromatic nitrogens is 2. The van der Waals surface area contributed by atoms with Crippen molar-refractivity contribution in [3.63, 3.8) is 0 Å². The topological polar surface area (TPSA) is 90.1 Å². The summed E-state index contributed by atoms with van der Waals surface area (Å²) in [5.74, 6) is -0.0795. The quantitative estimate of drug-likeness (QED) is 0.444. The molecule has 35 heavy (non-hydrogen) atoms. The molecule has 3 aromatic rings. The fourth-order valence-corrected chi connectivity index (χ4v) is 4.69. The second-order valence-electron chi connectivity index (χ2n) is 9.60. The summed E-state index contributed by atoms with van der Waals surface area (Å²) in [5, 5.41) is 6.58. The fraction of sp³-hybridized carbons (Fsp3) is 0.393. The molecule has 2 unspecified atom stereocenters. The van der Waals surface area contributed by atoms with Gasteiger partial charge in [-0.3, -0.25) is 9.59 Å². The largest absolute Gasteiger partial charge is 0.348 e. The highest BCUT2D eigenvalue weighted by Gasteiger charge is 2.38. The van der Waals surface area contributed by atoms with E-state index < -0.39 is 6.04 Å². The van der Waals surface area contributed by atoms with Crippen LogP contribution in [0.1, 0.15) is 49.2 Å². The number of imidazole rings is 1. The Hall–Kier alpha value is -3.45. The molecule has 0 radical (unpaired) electrons. The maximum atomic E-state index is 13.9. The van der Waals surface area contributed by atoms with E-state index >= 15 is 0 Å². The van der Waals surface area contributed by atoms with Crippen molar-refractivity contribution in [3.05, 3.63) is 89.5 Å². The number of carbonyl (C=O) groups is 2. The predicted octanol–water partition coefficient (Wildman–Crippen LogP) is 3.40. The van der Waals surface area contributed by atoms with Crippen molar-refractivity contribution >= 4 is 11.8 Å². The molecular formula is C28H35N5O2. The zero-order valence-electron chi connectivity index (χ0n) is 20.7. The van der Waals surface area contributed by atoms with Crippen molar-refractivity contribution in [2.75, 3.05) is 6.54 Å². The van der Waals surface area contributed by atoms with Gasteiger partial charge in [-0.1, -0.05) is 68.4 Å². The zero-order valence-corrected chi connectivity index (χ0v) is 20.7. The number of aromatic amines is 1. The molecule has 1 aliphatic rings. The molecule has 2 heterocycles. The van der Waals surface area contributed by atoms with Gasteiger partial charge in [-0.2, -0.15) is 0 Å². The summed E-state index contributed by atoms with van der Waals surface area (Å²) < 4.78 is 0. The van der Waals surface area contributed by atoms with E-state index in [0.717, 1.165) is 28.8 Å². The molecule has 3 N–H and O–H groups in total. The third-order valence-electron chi connectivity index (χ3n) is 6.74. The monoisotopic (exact) mass is 473 g/mol. The highest BCUT2D eigenvalue weighted by Crippen LogP contribution is 2.26. The van der Waals surface area contributed by atoms with E-state index in [1.807, 2.05) is 69.3 Å². The summed E-state index contributed by atoms with van der Waals surface area (Å²) in [6.45, 7) is 7.12. The Bertz CT molecular complexity index is 1110. The van der Waals surface area contributed by atoms with E-state index in [0.29, 0.717) is 19.5 Å². The van der Waals surface area contributed by atoms with E-state index in [4.69, 9.17) is 0 Å². The maximum absolute atomic E-state index is 13.9. The normalized spacial score (nSPS) is 17.0. The fourth-order valence-electron chi connectivity index (χ4n) is 4.69. The van der Waals surface area contributed by atoms with Crippen LogP contribution in [0.3, 0.4) is 0 Å².